The number of halogens is 1. The Morgan fingerprint density at radius 3 is 2.32 bits per heavy atom. The maximum absolute atomic E-state index is 12.4. The molecule has 2 aromatic carbocycles. The van der Waals surface area contributed by atoms with E-state index in [1.54, 1.807) is 60.7 Å². The first-order chi connectivity index (χ1) is 16.5. The molecule has 0 saturated carbocycles. The average molecular weight is 646 g/mol. The van der Waals surface area contributed by atoms with E-state index in [0.29, 0.717) is 11.1 Å². The molecular formula is C22H19IN3O6SZn+. The Kier molecular flexibility index (Phi) is 10.1. The van der Waals surface area contributed by atoms with Crippen LogP contribution in [0.5, 0.6) is 0 Å². The Morgan fingerprint density at radius 1 is 1.09 bits per heavy atom. The van der Waals surface area contributed by atoms with Crippen molar-refractivity contribution in [2.24, 2.45) is 0 Å². The van der Waals surface area contributed by atoms with Crippen LogP contribution < -0.4 is 11.0 Å². The summed E-state index contributed by atoms with van der Waals surface area (Å²) in [5.41, 5.74) is -0.723. The second-order valence-electron chi connectivity index (χ2n) is 6.85. The molecule has 9 nitrogen and oxygen atoms in total. The van der Waals surface area contributed by atoms with E-state index in [2.05, 4.69) is 30.1 Å². The molecule has 172 valence electrons. The van der Waals surface area contributed by atoms with Crippen molar-refractivity contribution < 1.29 is 38.1 Å². The van der Waals surface area contributed by atoms with E-state index in [1.165, 1.54) is 31.6 Å². The van der Waals surface area contributed by atoms with Gasteiger partial charge in [-0.15, -0.1) is 0 Å². The number of esters is 1. The topological polar surface area (TPSA) is 117 Å². The van der Waals surface area contributed by atoms with Gasteiger partial charge in [0.05, 0.1) is 22.1 Å². The predicted octanol–water partition coefficient (Wildman–Crippen LogP) is 2.84. The van der Waals surface area contributed by atoms with E-state index in [4.69, 9.17) is 9.47 Å². The standard InChI is InChI=1S/C22H19N3O6S.HI.Zn/c26-20(15-7-3-1-4-8-15)23-17-11-12-25(22(28)24-17)18-14-32(29)19(31-18)13-30-21(27)16-9-5-2-6-10-16;;/h1-12,18-19H,13-14H2,(H,23,24,26,28);1H;/q;;+2/p-1/t18-,19+,32?;;/m0../s1. The predicted molar refractivity (Wildman–Crippen MR) is 131 cm³/mol. The van der Waals surface area contributed by atoms with Gasteiger partial charge in [0, 0.05) is 11.8 Å². The molecule has 1 aliphatic rings. The summed E-state index contributed by atoms with van der Waals surface area (Å²) in [6.07, 6.45) is 0.589. The number of hydrogen-bond acceptors (Lipinski definition) is 7. The number of aromatic nitrogens is 2. The Hall–Kier alpha value is -2.28. The zero-order valence-electron chi connectivity index (χ0n) is 17.8. The van der Waals surface area contributed by atoms with Crippen LogP contribution in [-0.2, 0) is 35.1 Å². The van der Waals surface area contributed by atoms with E-state index >= 15 is 0 Å². The quantitative estimate of drug-likeness (QED) is 0.249. The third-order valence-electron chi connectivity index (χ3n) is 4.69. The van der Waals surface area contributed by atoms with Gasteiger partial charge < -0.3 is 14.8 Å². The Labute approximate surface area is 218 Å². The van der Waals surface area contributed by atoms with Crippen LogP contribution in [0.1, 0.15) is 26.9 Å². The first-order valence-corrected chi connectivity index (χ1v) is 20.4. The van der Waals surface area contributed by atoms with Gasteiger partial charge in [-0.25, -0.2) is 9.59 Å². The molecule has 34 heavy (non-hydrogen) atoms. The summed E-state index contributed by atoms with van der Waals surface area (Å²) in [7, 11) is -1.47. The van der Waals surface area contributed by atoms with Gasteiger partial charge in [0.2, 0.25) is 0 Å². The summed E-state index contributed by atoms with van der Waals surface area (Å²) in [5.74, 6) is -0.807. The molecule has 0 bridgehead atoms. The number of anilines is 1. The first kappa shape index (κ1) is 26.3. The average Bonchev–Trinajstić information content (AvgIpc) is 3.24. The number of ether oxygens (including phenoxy) is 2. The normalized spacial score (nSPS) is 19.0. The molecule has 1 fully saturated rings. The molecule has 3 atom stereocenters. The number of benzene rings is 2. The molecule has 0 radical (unpaired) electrons. The van der Waals surface area contributed by atoms with Gasteiger partial charge in [-0.3, -0.25) is 13.6 Å². The van der Waals surface area contributed by atoms with Gasteiger partial charge in [-0.2, -0.15) is 4.98 Å². The number of carbonyl (C=O) groups excluding carboxylic acids is 2. The van der Waals surface area contributed by atoms with Crippen molar-refractivity contribution in [2.45, 2.75) is 11.7 Å². The monoisotopic (exact) mass is 644 g/mol. The van der Waals surface area contributed by atoms with Crippen LogP contribution >= 0.6 is 19.8 Å². The van der Waals surface area contributed by atoms with Crippen LogP contribution in [0, 0.1) is 0 Å². The molecule has 1 aliphatic heterocycles. The van der Waals surface area contributed by atoms with Crippen LogP contribution in [0.4, 0.5) is 5.82 Å². The number of nitrogens with zero attached hydrogens (tertiary/aromatic N) is 2. The van der Waals surface area contributed by atoms with Crippen LogP contribution in [-0.4, -0.2) is 43.4 Å². The zero-order valence-corrected chi connectivity index (χ0v) is 23.8. The number of nitrogens with one attached hydrogen (secondary N) is 1. The maximum atomic E-state index is 12.4. The molecule has 3 aromatic rings. The molecule has 12 heteroatoms. The zero-order chi connectivity index (χ0) is 24.5. The SMILES string of the molecule is O=C(Nc1ccn([C@@H]2CS(=O)[C@H](COC(=O)c3ccccc3)O2)c(=O)n1)c1ccccc1.[Zn+][I]. The summed E-state index contributed by atoms with van der Waals surface area (Å²) < 4.78 is 24.4. The van der Waals surface area contributed by atoms with E-state index < -0.39 is 40.0 Å². The van der Waals surface area contributed by atoms with Crippen LogP contribution in [0.3, 0.4) is 0 Å². The summed E-state index contributed by atoms with van der Waals surface area (Å²) in [4.78, 5) is 40.6. The van der Waals surface area contributed by atoms with Crippen molar-refractivity contribution in [2.75, 3.05) is 17.7 Å². The number of hydrogen-bond donors (Lipinski definition) is 1. The molecular weight excluding hydrogens is 627 g/mol. The van der Waals surface area contributed by atoms with Crippen LogP contribution in [0.15, 0.2) is 77.7 Å². The van der Waals surface area contributed by atoms with Gasteiger partial charge in [0.25, 0.3) is 5.91 Å². The molecule has 2 heterocycles. The van der Waals surface area contributed by atoms with Gasteiger partial charge in [0.15, 0.2) is 11.7 Å². The van der Waals surface area contributed by atoms with Gasteiger partial charge in [-0.05, 0) is 30.3 Å². The number of carbonyl (C=O) groups is 2. The third-order valence-corrected chi connectivity index (χ3v) is 6.13. The summed E-state index contributed by atoms with van der Waals surface area (Å²) in [6.45, 7) is -0.204. The fourth-order valence-electron chi connectivity index (χ4n) is 3.07. The molecule has 1 amide bonds. The summed E-state index contributed by atoms with van der Waals surface area (Å²) >= 11 is 3.62. The number of rotatable bonds is 6. The van der Waals surface area contributed by atoms with Crippen LogP contribution in [0.2, 0.25) is 0 Å². The van der Waals surface area contributed by atoms with Crippen molar-refractivity contribution >= 4 is 48.2 Å². The van der Waals surface area contributed by atoms with Gasteiger partial charge >= 0.3 is 46.2 Å². The molecule has 1 N–H and O–H groups in total. The molecule has 1 aromatic heterocycles. The summed E-state index contributed by atoms with van der Waals surface area (Å²) in [5, 5.41) is 2.56. The Bertz CT molecular complexity index is 1210. The van der Waals surface area contributed by atoms with E-state index in [0.717, 1.165) is 0 Å². The molecule has 0 spiro atoms. The fourth-order valence-corrected chi connectivity index (χ4v) is 4.27. The van der Waals surface area contributed by atoms with Crippen molar-refractivity contribution in [3.8, 4) is 0 Å². The van der Waals surface area contributed by atoms with Crippen molar-refractivity contribution in [3.05, 3.63) is 94.5 Å². The molecule has 4 rings (SSSR count). The minimum atomic E-state index is -1.47. The van der Waals surface area contributed by atoms with Crippen LogP contribution in [0.25, 0.3) is 0 Å². The third kappa shape index (κ3) is 6.88. The summed E-state index contributed by atoms with van der Waals surface area (Å²) in [6, 6.07) is 18.4. The van der Waals surface area contributed by atoms with Gasteiger partial charge in [-0.1, -0.05) is 36.4 Å². The Morgan fingerprint density at radius 2 is 1.71 bits per heavy atom. The van der Waals surface area contributed by atoms with Crippen molar-refractivity contribution in [1.82, 2.24) is 9.55 Å². The molecule has 1 saturated heterocycles. The second-order valence-corrected chi connectivity index (χ2v) is 8.48. The van der Waals surface area contributed by atoms with Gasteiger partial charge in [0.1, 0.15) is 12.4 Å². The molecule has 0 aliphatic carbocycles. The minimum absolute atomic E-state index is 0.0465. The second kappa shape index (κ2) is 13.0. The van der Waals surface area contributed by atoms with E-state index in [1.807, 2.05) is 0 Å². The molecule has 1 unspecified atom stereocenters. The Balaban J connectivity index is 0.00000158. The first-order valence-electron chi connectivity index (χ1n) is 9.98. The fraction of sp³-hybridized carbons (Fsp3) is 0.182. The van der Waals surface area contributed by atoms with E-state index in [9.17, 15) is 18.6 Å². The van der Waals surface area contributed by atoms with E-state index in [-0.39, 0.29) is 18.2 Å². The van der Waals surface area contributed by atoms with Crippen molar-refractivity contribution in [1.29, 1.82) is 0 Å². The number of amides is 1. The van der Waals surface area contributed by atoms with Crippen molar-refractivity contribution in [3.63, 3.8) is 0 Å².